The predicted octanol–water partition coefficient (Wildman–Crippen LogP) is 4.20. The highest BCUT2D eigenvalue weighted by molar-refractivity contribution is 5.73. The summed E-state index contributed by atoms with van der Waals surface area (Å²) >= 11 is 0. The van der Waals surface area contributed by atoms with Crippen LogP contribution in [-0.2, 0) is 0 Å². The molecule has 2 aromatic carbocycles. The van der Waals surface area contributed by atoms with Crippen molar-refractivity contribution in [2.24, 2.45) is 0 Å². The van der Waals surface area contributed by atoms with Gasteiger partial charge in [-0.15, -0.1) is 0 Å². The molecular formula is C22H22O6. The van der Waals surface area contributed by atoms with Gasteiger partial charge in [0.05, 0.1) is 37.9 Å². The van der Waals surface area contributed by atoms with Gasteiger partial charge in [-0.2, -0.15) is 0 Å². The Morgan fingerprint density at radius 2 is 1.89 bits per heavy atom. The van der Waals surface area contributed by atoms with Crippen LogP contribution < -0.4 is 23.7 Å². The number of aromatic hydroxyl groups is 1. The van der Waals surface area contributed by atoms with Crippen LogP contribution in [0.4, 0.5) is 0 Å². The van der Waals surface area contributed by atoms with Gasteiger partial charge in [-0.05, 0) is 32.1 Å². The number of hydrogen-bond acceptors (Lipinski definition) is 6. The second-order valence-electron chi connectivity index (χ2n) is 7.79. The maximum Gasteiger partial charge on any atom is 0.161 e. The van der Waals surface area contributed by atoms with Crippen LogP contribution in [0, 0.1) is 0 Å². The van der Waals surface area contributed by atoms with Crippen molar-refractivity contribution >= 4 is 6.08 Å². The normalized spacial score (nSPS) is 22.6. The Kier molecular flexibility index (Phi) is 3.50. The fourth-order valence-corrected chi connectivity index (χ4v) is 4.22. The van der Waals surface area contributed by atoms with Gasteiger partial charge in [-0.1, -0.05) is 0 Å². The summed E-state index contributed by atoms with van der Waals surface area (Å²) in [4.78, 5) is 0. The van der Waals surface area contributed by atoms with Crippen molar-refractivity contribution in [3.05, 3.63) is 41.0 Å². The molecule has 2 unspecified atom stereocenters. The van der Waals surface area contributed by atoms with E-state index in [0.29, 0.717) is 29.6 Å². The van der Waals surface area contributed by atoms with Gasteiger partial charge in [0.15, 0.2) is 11.5 Å². The second-order valence-corrected chi connectivity index (χ2v) is 7.79. The van der Waals surface area contributed by atoms with Crippen molar-refractivity contribution in [2.75, 3.05) is 20.8 Å². The molecule has 6 nitrogen and oxygen atoms in total. The van der Waals surface area contributed by atoms with E-state index in [4.69, 9.17) is 23.7 Å². The van der Waals surface area contributed by atoms with E-state index >= 15 is 0 Å². The molecule has 3 aliphatic rings. The molecule has 0 bridgehead atoms. The molecule has 6 heteroatoms. The van der Waals surface area contributed by atoms with Crippen molar-refractivity contribution in [1.29, 1.82) is 0 Å². The third kappa shape index (κ3) is 2.33. The first kappa shape index (κ1) is 17.1. The predicted molar refractivity (Wildman–Crippen MR) is 103 cm³/mol. The Labute approximate surface area is 163 Å². The molecule has 0 aliphatic carbocycles. The number of phenolic OH excluding ortho intramolecular Hbond substituents is 1. The second kappa shape index (κ2) is 5.74. The molecule has 5 rings (SSSR count). The van der Waals surface area contributed by atoms with Crippen molar-refractivity contribution in [3.63, 3.8) is 0 Å². The highest BCUT2D eigenvalue weighted by Crippen LogP contribution is 2.57. The summed E-state index contributed by atoms with van der Waals surface area (Å²) in [5, 5.41) is 10.1. The van der Waals surface area contributed by atoms with Gasteiger partial charge in [0.1, 0.15) is 34.7 Å². The zero-order chi connectivity index (χ0) is 19.6. The minimum atomic E-state index is -0.391. The van der Waals surface area contributed by atoms with Crippen LogP contribution in [0.15, 0.2) is 24.3 Å². The maximum atomic E-state index is 10.1. The maximum absolute atomic E-state index is 10.1. The molecule has 3 heterocycles. The van der Waals surface area contributed by atoms with Crippen molar-refractivity contribution in [1.82, 2.24) is 0 Å². The molecule has 28 heavy (non-hydrogen) atoms. The Balaban J connectivity index is 1.64. The van der Waals surface area contributed by atoms with Crippen molar-refractivity contribution < 1.29 is 28.8 Å². The number of methoxy groups -OCH3 is 2. The van der Waals surface area contributed by atoms with E-state index in [-0.39, 0.29) is 17.8 Å². The Hall–Kier alpha value is -3.02. The van der Waals surface area contributed by atoms with E-state index in [2.05, 4.69) is 0 Å². The van der Waals surface area contributed by atoms with E-state index in [0.717, 1.165) is 22.4 Å². The first-order valence-corrected chi connectivity index (χ1v) is 9.25. The smallest absolute Gasteiger partial charge is 0.161 e. The number of phenols is 1. The SMILES string of the molecule is COc1cc2c(cc1O)OC1c3c(cc4c(c3OC)C=CC(C)(C)O4)OCC21. The average Bonchev–Trinajstić information content (AvgIpc) is 3.01. The number of ether oxygens (including phenoxy) is 5. The third-order valence-electron chi connectivity index (χ3n) is 5.54. The summed E-state index contributed by atoms with van der Waals surface area (Å²) in [6, 6.07) is 5.34. The molecule has 0 spiro atoms. The number of benzene rings is 2. The van der Waals surface area contributed by atoms with Gasteiger partial charge in [0.25, 0.3) is 0 Å². The topological polar surface area (TPSA) is 66.4 Å². The van der Waals surface area contributed by atoms with Crippen LogP contribution in [0.5, 0.6) is 34.5 Å². The largest absolute Gasteiger partial charge is 0.504 e. The van der Waals surface area contributed by atoms with Crippen LogP contribution in [0.3, 0.4) is 0 Å². The van der Waals surface area contributed by atoms with E-state index in [1.54, 1.807) is 13.2 Å². The molecule has 0 amide bonds. The Bertz CT molecular complexity index is 1010. The summed E-state index contributed by atoms with van der Waals surface area (Å²) < 4.78 is 29.5. The minimum Gasteiger partial charge on any atom is -0.504 e. The van der Waals surface area contributed by atoms with E-state index in [9.17, 15) is 5.11 Å². The molecule has 0 aromatic heterocycles. The molecule has 2 aromatic rings. The van der Waals surface area contributed by atoms with Crippen LogP contribution in [-0.4, -0.2) is 31.5 Å². The molecule has 0 saturated heterocycles. The summed E-state index contributed by atoms with van der Waals surface area (Å²) in [6.07, 6.45) is 3.77. The molecule has 146 valence electrons. The van der Waals surface area contributed by atoms with Crippen LogP contribution in [0.2, 0.25) is 0 Å². The molecule has 1 N–H and O–H groups in total. The third-order valence-corrected chi connectivity index (χ3v) is 5.54. The Morgan fingerprint density at radius 3 is 2.64 bits per heavy atom. The quantitative estimate of drug-likeness (QED) is 0.840. The first-order valence-electron chi connectivity index (χ1n) is 9.25. The summed E-state index contributed by atoms with van der Waals surface area (Å²) in [7, 11) is 3.18. The van der Waals surface area contributed by atoms with E-state index < -0.39 is 5.60 Å². The van der Waals surface area contributed by atoms with Gasteiger partial charge < -0.3 is 28.8 Å². The summed E-state index contributed by atoms with van der Waals surface area (Å²) in [5.74, 6) is 3.22. The van der Waals surface area contributed by atoms with Crippen molar-refractivity contribution in [3.8, 4) is 34.5 Å². The number of hydrogen-bond donors (Lipinski definition) is 1. The van der Waals surface area contributed by atoms with Gasteiger partial charge in [-0.3, -0.25) is 0 Å². The summed E-state index contributed by atoms with van der Waals surface area (Å²) in [6.45, 7) is 4.47. The zero-order valence-corrected chi connectivity index (χ0v) is 16.2. The zero-order valence-electron chi connectivity index (χ0n) is 16.2. The molecule has 0 saturated carbocycles. The van der Waals surface area contributed by atoms with Crippen LogP contribution in [0.25, 0.3) is 6.08 Å². The highest BCUT2D eigenvalue weighted by atomic mass is 16.5. The fourth-order valence-electron chi connectivity index (χ4n) is 4.22. The molecule has 2 atom stereocenters. The lowest BCUT2D eigenvalue weighted by molar-refractivity contribution is 0.130. The molecule has 0 fully saturated rings. The van der Waals surface area contributed by atoms with Crippen LogP contribution >= 0.6 is 0 Å². The van der Waals surface area contributed by atoms with Gasteiger partial charge in [0.2, 0.25) is 0 Å². The van der Waals surface area contributed by atoms with Gasteiger partial charge >= 0.3 is 0 Å². The lowest BCUT2D eigenvalue weighted by Crippen LogP contribution is -2.29. The molecule has 3 aliphatic heterocycles. The highest BCUT2D eigenvalue weighted by Gasteiger charge is 2.44. The Morgan fingerprint density at radius 1 is 1.07 bits per heavy atom. The standard InChI is InChI=1S/C22H22O6/c1-22(2)6-5-11-16(28-22)9-18-19(20(11)25-4)21-13(10-26-18)12-7-17(24-3)14(23)8-15(12)27-21/h5-9,13,21,23H,10H2,1-4H3. The molecular weight excluding hydrogens is 360 g/mol. The minimum absolute atomic E-state index is 0.0196. The monoisotopic (exact) mass is 382 g/mol. The number of rotatable bonds is 2. The van der Waals surface area contributed by atoms with E-state index in [1.807, 2.05) is 38.1 Å². The average molecular weight is 382 g/mol. The first-order chi connectivity index (χ1) is 13.4. The lowest BCUT2D eigenvalue weighted by Gasteiger charge is -2.34. The van der Waals surface area contributed by atoms with Gasteiger partial charge in [-0.25, -0.2) is 0 Å². The lowest BCUT2D eigenvalue weighted by atomic mass is 9.87. The molecule has 0 radical (unpaired) electrons. The number of fused-ring (bicyclic) bond motifs is 6. The summed E-state index contributed by atoms with van der Waals surface area (Å²) in [5.41, 5.74) is 2.31. The van der Waals surface area contributed by atoms with Crippen LogP contribution in [0.1, 0.15) is 42.6 Å². The van der Waals surface area contributed by atoms with E-state index in [1.165, 1.54) is 7.11 Å². The fraction of sp³-hybridized carbons (Fsp3) is 0.364. The van der Waals surface area contributed by atoms with Crippen molar-refractivity contribution in [2.45, 2.75) is 31.5 Å². The van der Waals surface area contributed by atoms with Gasteiger partial charge in [0, 0.05) is 17.7 Å².